The molecular formula is C8H14O4. The molecule has 0 aliphatic rings. The second-order valence-corrected chi connectivity index (χ2v) is 2.44. The van der Waals surface area contributed by atoms with Crippen molar-refractivity contribution >= 4 is 0 Å². The van der Waals surface area contributed by atoms with Crippen LogP contribution in [-0.4, -0.2) is 45.8 Å². The zero-order valence-corrected chi connectivity index (χ0v) is 6.82. The van der Waals surface area contributed by atoms with Gasteiger partial charge in [0.05, 0.1) is 0 Å². The van der Waals surface area contributed by atoms with Crippen molar-refractivity contribution in [1.29, 1.82) is 0 Å². The van der Waals surface area contributed by atoms with E-state index in [-0.39, 0.29) is 32.7 Å². The van der Waals surface area contributed by atoms with Crippen LogP contribution in [0.1, 0.15) is 12.8 Å². The van der Waals surface area contributed by atoms with Crippen LogP contribution in [0, 0.1) is 11.8 Å². The van der Waals surface area contributed by atoms with Crippen LogP contribution < -0.4 is 0 Å². The maximum atomic E-state index is 9.54. The standard InChI is InChI=1S/C8H14O4/c9-5-1-2-8(12,3-6-10)4-7-11/h9-12H,3-7H2. The molecule has 0 aliphatic carbocycles. The summed E-state index contributed by atoms with van der Waals surface area (Å²) in [5.74, 6) is 4.68. The van der Waals surface area contributed by atoms with Crippen molar-refractivity contribution < 1.29 is 20.4 Å². The Balaban J connectivity index is 4.16. The highest BCUT2D eigenvalue weighted by Gasteiger charge is 2.22. The molecule has 0 aromatic rings. The van der Waals surface area contributed by atoms with Crippen LogP contribution in [0.3, 0.4) is 0 Å². The first-order valence-electron chi connectivity index (χ1n) is 3.73. The maximum absolute atomic E-state index is 9.54. The van der Waals surface area contributed by atoms with E-state index in [1.165, 1.54) is 0 Å². The average Bonchev–Trinajstić information content (AvgIpc) is 2.02. The molecule has 0 heterocycles. The molecule has 0 unspecified atom stereocenters. The summed E-state index contributed by atoms with van der Waals surface area (Å²) in [6.45, 7) is -0.730. The Morgan fingerprint density at radius 2 is 1.50 bits per heavy atom. The zero-order chi connectivity index (χ0) is 9.45. The van der Waals surface area contributed by atoms with Gasteiger partial charge in [-0.2, -0.15) is 0 Å². The smallest absolute Gasteiger partial charge is 0.129 e. The Kier molecular flexibility index (Phi) is 5.68. The summed E-state index contributed by atoms with van der Waals surface area (Å²) < 4.78 is 0. The monoisotopic (exact) mass is 174 g/mol. The summed E-state index contributed by atoms with van der Waals surface area (Å²) in [4.78, 5) is 0. The van der Waals surface area contributed by atoms with Gasteiger partial charge in [0, 0.05) is 26.1 Å². The van der Waals surface area contributed by atoms with Crippen LogP contribution in [-0.2, 0) is 0 Å². The highest BCUT2D eigenvalue weighted by molar-refractivity contribution is 5.13. The minimum Gasteiger partial charge on any atom is -0.396 e. The molecule has 0 fully saturated rings. The molecule has 0 spiro atoms. The van der Waals surface area contributed by atoms with Gasteiger partial charge in [0.25, 0.3) is 0 Å². The minimum absolute atomic E-state index is 0.0839. The van der Waals surface area contributed by atoms with Gasteiger partial charge >= 0.3 is 0 Å². The zero-order valence-electron chi connectivity index (χ0n) is 6.82. The fraction of sp³-hybridized carbons (Fsp3) is 0.750. The summed E-state index contributed by atoms with van der Waals surface area (Å²) in [5.41, 5.74) is -1.37. The van der Waals surface area contributed by atoms with E-state index in [0.29, 0.717) is 0 Å². The Morgan fingerprint density at radius 3 is 1.83 bits per heavy atom. The average molecular weight is 174 g/mol. The van der Waals surface area contributed by atoms with Crippen molar-refractivity contribution in [3.8, 4) is 11.8 Å². The molecule has 0 aliphatic heterocycles. The SMILES string of the molecule is OCC#CC(O)(CCO)CCO. The Bertz CT molecular complexity index is 162. The molecule has 0 atom stereocenters. The number of aliphatic hydroxyl groups excluding tert-OH is 3. The Labute approximate surface area is 71.5 Å². The lowest BCUT2D eigenvalue weighted by Crippen LogP contribution is -2.29. The first-order chi connectivity index (χ1) is 5.68. The van der Waals surface area contributed by atoms with E-state index in [2.05, 4.69) is 11.8 Å². The summed E-state index contributed by atoms with van der Waals surface area (Å²) in [5, 5.41) is 35.0. The third kappa shape index (κ3) is 4.31. The first kappa shape index (κ1) is 11.4. The molecule has 0 rings (SSSR count). The quantitative estimate of drug-likeness (QED) is 0.390. The largest absolute Gasteiger partial charge is 0.396 e. The van der Waals surface area contributed by atoms with E-state index in [9.17, 15) is 5.11 Å². The molecule has 0 aromatic carbocycles. The van der Waals surface area contributed by atoms with Crippen molar-refractivity contribution in [2.45, 2.75) is 18.4 Å². The summed E-state index contributed by atoms with van der Waals surface area (Å²) in [6, 6.07) is 0. The van der Waals surface area contributed by atoms with Gasteiger partial charge in [0.1, 0.15) is 12.2 Å². The van der Waals surface area contributed by atoms with Crippen LogP contribution in [0.25, 0.3) is 0 Å². The van der Waals surface area contributed by atoms with Crippen LogP contribution in [0.5, 0.6) is 0 Å². The van der Waals surface area contributed by atoms with E-state index in [0.717, 1.165) is 0 Å². The summed E-state index contributed by atoms with van der Waals surface area (Å²) >= 11 is 0. The van der Waals surface area contributed by atoms with Crippen molar-refractivity contribution in [2.24, 2.45) is 0 Å². The van der Waals surface area contributed by atoms with Crippen molar-refractivity contribution in [2.75, 3.05) is 19.8 Å². The Hall–Kier alpha value is -0.600. The van der Waals surface area contributed by atoms with Crippen LogP contribution in [0.4, 0.5) is 0 Å². The molecule has 0 amide bonds. The molecule has 0 aromatic heterocycles. The van der Waals surface area contributed by atoms with E-state index < -0.39 is 5.60 Å². The molecular weight excluding hydrogens is 160 g/mol. The van der Waals surface area contributed by atoms with E-state index in [4.69, 9.17) is 15.3 Å². The van der Waals surface area contributed by atoms with E-state index in [1.807, 2.05) is 0 Å². The molecule has 0 saturated heterocycles. The van der Waals surface area contributed by atoms with Crippen molar-refractivity contribution in [3.05, 3.63) is 0 Å². The van der Waals surface area contributed by atoms with E-state index in [1.54, 1.807) is 0 Å². The van der Waals surface area contributed by atoms with Gasteiger partial charge in [-0.05, 0) is 0 Å². The second-order valence-electron chi connectivity index (χ2n) is 2.44. The summed E-state index contributed by atoms with van der Waals surface area (Å²) in [7, 11) is 0. The van der Waals surface area contributed by atoms with Gasteiger partial charge in [-0.3, -0.25) is 0 Å². The highest BCUT2D eigenvalue weighted by Crippen LogP contribution is 2.12. The number of hydrogen-bond acceptors (Lipinski definition) is 4. The fourth-order valence-electron chi connectivity index (χ4n) is 0.824. The number of aliphatic hydroxyl groups is 4. The summed E-state index contributed by atoms with van der Waals surface area (Å²) in [6.07, 6.45) is 0.168. The van der Waals surface area contributed by atoms with E-state index >= 15 is 0 Å². The molecule has 0 radical (unpaired) electrons. The third-order valence-corrected chi connectivity index (χ3v) is 1.45. The van der Waals surface area contributed by atoms with Crippen molar-refractivity contribution in [3.63, 3.8) is 0 Å². The lowest BCUT2D eigenvalue weighted by Gasteiger charge is -2.19. The molecule has 12 heavy (non-hydrogen) atoms. The normalized spacial score (nSPS) is 10.7. The van der Waals surface area contributed by atoms with Crippen LogP contribution in [0.15, 0.2) is 0 Å². The van der Waals surface area contributed by atoms with Gasteiger partial charge < -0.3 is 20.4 Å². The first-order valence-corrected chi connectivity index (χ1v) is 3.73. The fourth-order valence-corrected chi connectivity index (χ4v) is 0.824. The predicted molar refractivity (Wildman–Crippen MR) is 43.2 cm³/mol. The lowest BCUT2D eigenvalue weighted by atomic mass is 9.97. The number of rotatable bonds is 4. The van der Waals surface area contributed by atoms with Crippen LogP contribution >= 0.6 is 0 Å². The maximum Gasteiger partial charge on any atom is 0.129 e. The van der Waals surface area contributed by atoms with Gasteiger partial charge in [-0.25, -0.2) is 0 Å². The minimum atomic E-state index is -1.37. The molecule has 70 valence electrons. The third-order valence-electron chi connectivity index (χ3n) is 1.45. The molecule has 0 saturated carbocycles. The number of hydrogen-bond donors (Lipinski definition) is 4. The van der Waals surface area contributed by atoms with Crippen molar-refractivity contribution in [1.82, 2.24) is 0 Å². The second kappa shape index (κ2) is 5.98. The topological polar surface area (TPSA) is 80.9 Å². The van der Waals surface area contributed by atoms with Gasteiger partial charge in [0.2, 0.25) is 0 Å². The van der Waals surface area contributed by atoms with Gasteiger partial charge in [-0.15, -0.1) is 0 Å². The lowest BCUT2D eigenvalue weighted by molar-refractivity contribution is 0.0454. The molecule has 4 N–H and O–H groups in total. The molecule has 4 nitrogen and oxygen atoms in total. The van der Waals surface area contributed by atoms with Crippen LogP contribution in [0.2, 0.25) is 0 Å². The predicted octanol–water partition coefficient (Wildman–Crippen LogP) is -1.52. The highest BCUT2D eigenvalue weighted by atomic mass is 16.3. The van der Waals surface area contributed by atoms with Gasteiger partial charge in [-0.1, -0.05) is 11.8 Å². The molecule has 0 bridgehead atoms. The Morgan fingerprint density at radius 1 is 1.00 bits per heavy atom. The molecule has 4 heteroatoms. The van der Waals surface area contributed by atoms with Gasteiger partial charge in [0.15, 0.2) is 0 Å².